The summed E-state index contributed by atoms with van der Waals surface area (Å²) in [7, 11) is 2.04. The second-order valence-corrected chi connectivity index (χ2v) is 7.13. The summed E-state index contributed by atoms with van der Waals surface area (Å²) in [4.78, 5) is 20.7. The fourth-order valence-electron chi connectivity index (χ4n) is 3.83. The van der Waals surface area contributed by atoms with Gasteiger partial charge in [0, 0.05) is 26.0 Å². The summed E-state index contributed by atoms with van der Waals surface area (Å²) in [5.41, 5.74) is 4.52. The fraction of sp³-hybridized carbons (Fsp3) is 0.368. The standard InChI is InChI=1S/C19H22N4O2/c1-19(2)13-10-14-16(11-15(13)23(8-9-24)18(19)25)22(3)17(21-14)12-4-6-20-7-5-12/h4-7,10-11,17,21,24H,8-9H2,1-3H3. The Balaban J connectivity index is 1.78. The van der Waals surface area contributed by atoms with Crippen LogP contribution in [-0.4, -0.2) is 36.2 Å². The molecule has 6 nitrogen and oxygen atoms in total. The third-order valence-electron chi connectivity index (χ3n) is 5.26. The van der Waals surface area contributed by atoms with Gasteiger partial charge in [-0.25, -0.2) is 0 Å². The molecule has 1 amide bonds. The number of hydrogen-bond donors (Lipinski definition) is 2. The smallest absolute Gasteiger partial charge is 0.237 e. The van der Waals surface area contributed by atoms with Crippen molar-refractivity contribution in [1.82, 2.24) is 4.98 Å². The molecule has 0 saturated carbocycles. The topological polar surface area (TPSA) is 68.7 Å². The molecule has 2 aliphatic heterocycles. The van der Waals surface area contributed by atoms with Crippen molar-refractivity contribution >= 4 is 23.0 Å². The van der Waals surface area contributed by atoms with Crippen LogP contribution in [0.2, 0.25) is 0 Å². The summed E-state index contributed by atoms with van der Waals surface area (Å²) in [5, 5.41) is 12.9. The average molecular weight is 338 g/mol. The number of amides is 1. The highest BCUT2D eigenvalue weighted by molar-refractivity contribution is 6.09. The van der Waals surface area contributed by atoms with Crippen molar-refractivity contribution in [1.29, 1.82) is 0 Å². The number of aliphatic hydroxyl groups excluding tert-OH is 1. The Hall–Kier alpha value is -2.60. The Labute approximate surface area is 147 Å². The summed E-state index contributed by atoms with van der Waals surface area (Å²) >= 11 is 0. The van der Waals surface area contributed by atoms with Crippen molar-refractivity contribution in [2.75, 3.05) is 35.3 Å². The lowest BCUT2D eigenvalue weighted by atomic mass is 9.86. The number of fused-ring (bicyclic) bond motifs is 2. The highest BCUT2D eigenvalue weighted by atomic mass is 16.3. The number of β-amino-alcohol motifs (C(OH)–C–C–N with tert-alkyl or cyclic N) is 1. The zero-order valence-corrected chi connectivity index (χ0v) is 14.7. The molecule has 1 aromatic heterocycles. The van der Waals surface area contributed by atoms with Crippen LogP contribution in [0.4, 0.5) is 17.1 Å². The third-order valence-corrected chi connectivity index (χ3v) is 5.26. The molecule has 6 heteroatoms. The first kappa shape index (κ1) is 15.9. The number of pyridine rings is 1. The van der Waals surface area contributed by atoms with Crippen LogP contribution in [0.1, 0.15) is 31.1 Å². The average Bonchev–Trinajstić information content (AvgIpc) is 3.03. The van der Waals surface area contributed by atoms with E-state index in [-0.39, 0.29) is 18.7 Å². The number of hydrogen-bond acceptors (Lipinski definition) is 5. The first-order valence-electron chi connectivity index (χ1n) is 8.46. The number of rotatable bonds is 3. The Morgan fingerprint density at radius 3 is 2.64 bits per heavy atom. The molecule has 0 radical (unpaired) electrons. The van der Waals surface area contributed by atoms with Gasteiger partial charge in [0.25, 0.3) is 0 Å². The minimum Gasteiger partial charge on any atom is -0.395 e. The van der Waals surface area contributed by atoms with Crippen molar-refractivity contribution in [3.8, 4) is 0 Å². The molecular formula is C19H22N4O2. The Morgan fingerprint density at radius 2 is 1.96 bits per heavy atom. The highest BCUT2D eigenvalue weighted by Crippen LogP contribution is 2.49. The predicted octanol–water partition coefficient (Wildman–Crippen LogP) is 2.26. The minimum absolute atomic E-state index is 0.0330. The summed E-state index contributed by atoms with van der Waals surface area (Å²) in [6.07, 6.45) is 3.61. The first-order chi connectivity index (χ1) is 11.9. The van der Waals surface area contributed by atoms with Gasteiger partial charge < -0.3 is 20.2 Å². The van der Waals surface area contributed by atoms with Gasteiger partial charge in [-0.2, -0.15) is 0 Å². The molecule has 0 aliphatic carbocycles. The van der Waals surface area contributed by atoms with Gasteiger partial charge in [-0.1, -0.05) is 0 Å². The number of anilines is 3. The highest BCUT2D eigenvalue weighted by Gasteiger charge is 2.45. The van der Waals surface area contributed by atoms with Crippen molar-refractivity contribution < 1.29 is 9.90 Å². The van der Waals surface area contributed by atoms with Crippen LogP contribution in [0.15, 0.2) is 36.7 Å². The van der Waals surface area contributed by atoms with E-state index in [0.717, 1.165) is 28.2 Å². The van der Waals surface area contributed by atoms with Crippen molar-refractivity contribution in [3.63, 3.8) is 0 Å². The van der Waals surface area contributed by atoms with Gasteiger partial charge in [-0.15, -0.1) is 0 Å². The Kier molecular flexibility index (Phi) is 3.47. The maximum Gasteiger partial charge on any atom is 0.237 e. The molecule has 1 aromatic carbocycles. The van der Waals surface area contributed by atoms with Gasteiger partial charge in [0.2, 0.25) is 5.91 Å². The Bertz CT molecular complexity index is 835. The summed E-state index contributed by atoms with van der Waals surface area (Å²) < 4.78 is 0. The van der Waals surface area contributed by atoms with Gasteiger partial charge in [-0.3, -0.25) is 9.78 Å². The van der Waals surface area contributed by atoms with Crippen LogP contribution in [0, 0.1) is 0 Å². The molecule has 0 saturated heterocycles. The van der Waals surface area contributed by atoms with E-state index in [0.29, 0.717) is 6.54 Å². The van der Waals surface area contributed by atoms with E-state index < -0.39 is 5.41 Å². The van der Waals surface area contributed by atoms with E-state index >= 15 is 0 Å². The number of nitrogens with one attached hydrogen (secondary N) is 1. The number of aromatic nitrogens is 1. The van der Waals surface area contributed by atoms with E-state index in [1.807, 2.05) is 33.0 Å². The van der Waals surface area contributed by atoms with Gasteiger partial charge in [0.05, 0.1) is 29.1 Å². The van der Waals surface area contributed by atoms with Crippen LogP contribution in [-0.2, 0) is 10.2 Å². The molecule has 130 valence electrons. The molecule has 25 heavy (non-hydrogen) atoms. The number of aliphatic hydroxyl groups is 1. The molecule has 2 aromatic rings. The summed E-state index contributed by atoms with van der Waals surface area (Å²) in [6.45, 7) is 4.15. The normalized spacial score (nSPS) is 20.5. The lowest BCUT2D eigenvalue weighted by molar-refractivity contribution is -0.122. The second kappa shape index (κ2) is 5.46. The third kappa shape index (κ3) is 2.21. The molecule has 0 spiro atoms. The van der Waals surface area contributed by atoms with Crippen molar-refractivity contribution in [2.24, 2.45) is 0 Å². The molecular weight excluding hydrogens is 316 g/mol. The summed E-state index contributed by atoms with van der Waals surface area (Å²) in [6, 6.07) is 8.14. The fourth-order valence-corrected chi connectivity index (χ4v) is 3.83. The monoisotopic (exact) mass is 338 g/mol. The zero-order valence-electron chi connectivity index (χ0n) is 14.7. The first-order valence-corrected chi connectivity index (χ1v) is 8.46. The lowest BCUT2D eigenvalue weighted by Gasteiger charge is -2.23. The van der Waals surface area contributed by atoms with Crippen LogP contribution in [0.5, 0.6) is 0 Å². The van der Waals surface area contributed by atoms with E-state index in [2.05, 4.69) is 27.3 Å². The number of carbonyl (C=O) groups is 1. The largest absolute Gasteiger partial charge is 0.395 e. The van der Waals surface area contributed by atoms with Gasteiger partial charge in [0.15, 0.2) is 0 Å². The SMILES string of the molecule is CN1c2cc3c(cc2NC1c1ccncc1)C(C)(C)C(=O)N3CCO. The molecule has 2 aliphatic rings. The number of benzene rings is 1. The van der Waals surface area contributed by atoms with Crippen LogP contribution in [0.25, 0.3) is 0 Å². The molecule has 1 atom stereocenters. The minimum atomic E-state index is -0.589. The van der Waals surface area contributed by atoms with Crippen molar-refractivity contribution in [2.45, 2.75) is 25.4 Å². The Morgan fingerprint density at radius 1 is 1.24 bits per heavy atom. The number of nitrogens with zero attached hydrogens (tertiary/aromatic N) is 3. The van der Waals surface area contributed by atoms with E-state index in [1.165, 1.54) is 0 Å². The maximum atomic E-state index is 12.7. The van der Waals surface area contributed by atoms with Crippen LogP contribution >= 0.6 is 0 Å². The molecule has 0 bridgehead atoms. The van der Waals surface area contributed by atoms with Crippen LogP contribution < -0.4 is 15.1 Å². The van der Waals surface area contributed by atoms with Gasteiger partial charge in [0.1, 0.15) is 6.17 Å². The predicted molar refractivity (Wildman–Crippen MR) is 97.9 cm³/mol. The van der Waals surface area contributed by atoms with E-state index in [4.69, 9.17) is 0 Å². The van der Waals surface area contributed by atoms with Gasteiger partial charge >= 0.3 is 0 Å². The van der Waals surface area contributed by atoms with E-state index in [1.54, 1.807) is 17.3 Å². The molecule has 4 rings (SSSR count). The van der Waals surface area contributed by atoms with Gasteiger partial charge in [-0.05, 0) is 49.2 Å². The summed E-state index contributed by atoms with van der Waals surface area (Å²) in [5.74, 6) is 0.0357. The van der Waals surface area contributed by atoms with Crippen LogP contribution in [0.3, 0.4) is 0 Å². The molecule has 0 fully saturated rings. The molecule has 1 unspecified atom stereocenters. The maximum absolute atomic E-state index is 12.7. The molecule has 2 N–H and O–H groups in total. The van der Waals surface area contributed by atoms with Crippen molar-refractivity contribution in [3.05, 3.63) is 47.8 Å². The molecule has 3 heterocycles. The number of carbonyl (C=O) groups excluding carboxylic acids is 1. The zero-order chi connectivity index (χ0) is 17.8. The van der Waals surface area contributed by atoms with E-state index in [9.17, 15) is 9.90 Å². The quantitative estimate of drug-likeness (QED) is 0.898. The lowest BCUT2D eigenvalue weighted by Crippen LogP contribution is -2.37. The second-order valence-electron chi connectivity index (χ2n) is 7.13.